The van der Waals surface area contributed by atoms with E-state index in [1.807, 2.05) is 0 Å². The normalized spacial score (nSPS) is 11.2. The van der Waals surface area contributed by atoms with Gasteiger partial charge in [0.1, 0.15) is 4.90 Å². The van der Waals surface area contributed by atoms with E-state index in [4.69, 9.17) is 0 Å². The highest BCUT2D eigenvalue weighted by atomic mass is 32.2. The number of hydrogen-bond donors (Lipinski definition) is 1. The third-order valence-corrected chi connectivity index (χ3v) is 3.96. The predicted molar refractivity (Wildman–Crippen MR) is 80.5 cm³/mol. The lowest BCUT2D eigenvalue weighted by atomic mass is 10.0. The Morgan fingerprint density at radius 3 is 2.14 bits per heavy atom. The van der Waals surface area contributed by atoms with Gasteiger partial charge >= 0.3 is 0 Å². The zero-order valence-electron chi connectivity index (χ0n) is 11.6. The quantitative estimate of drug-likeness (QED) is 0.692. The first-order chi connectivity index (χ1) is 9.82. The maximum Gasteiger partial charge on any atom is 0.297 e. The highest BCUT2D eigenvalue weighted by Crippen LogP contribution is 2.29. The van der Waals surface area contributed by atoms with Gasteiger partial charge in [0.15, 0.2) is 5.78 Å². The van der Waals surface area contributed by atoms with E-state index in [2.05, 4.69) is 0 Å². The Morgan fingerprint density at radius 2 is 1.62 bits per heavy atom. The molecule has 0 radical (unpaired) electrons. The lowest BCUT2D eigenvalue weighted by Crippen LogP contribution is -2.17. The van der Waals surface area contributed by atoms with Gasteiger partial charge in [0.25, 0.3) is 10.1 Å². The van der Waals surface area contributed by atoms with Gasteiger partial charge in [-0.25, -0.2) is 0 Å². The van der Waals surface area contributed by atoms with E-state index in [0.717, 1.165) is 0 Å². The Kier molecular flexibility index (Phi) is 4.11. The van der Waals surface area contributed by atoms with Crippen LogP contribution in [0.25, 0.3) is 0 Å². The fourth-order valence-corrected chi connectivity index (χ4v) is 3.03. The maximum atomic E-state index is 12.5. The van der Waals surface area contributed by atoms with Crippen LogP contribution in [0.4, 0.5) is 5.69 Å². The highest BCUT2D eigenvalue weighted by Gasteiger charge is 2.25. The molecule has 0 fully saturated rings. The minimum atomic E-state index is -4.52. The van der Waals surface area contributed by atoms with Crippen LogP contribution < -0.4 is 4.90 Å². The van der Waals surface area contributed by atoms with Gasteiger partial charge in [-0.05, 0) is 12.1 Å². The molecule has 0 bridgehead atoms. The van der Waals surface area contributed by atoms with Crippen molar-refractivity contribution < 1.29 is 17.8 Å². The molecule has 0 aromatic heterocycles. The van der Waals surface area contributed by atoms with E-state index < -0.39 is 15.9 Å². The SMILES string of the molecule is CN(C)c1cccc(C(=O)c2ccccc2)c1S(=O)(=O)O. The van der Waals surface area contributed by atoms with Crippen molar-refractivity contribution in [2.45, 2.75) is 4.90 Å². The second-order valence-electron chi connectivity index (χ2n) is 4.72. The number of nitrogens with zero attached hydrogens (tertiary/aromatic N) is 1. The molecule has 0 spiro atoms. The first kappa shape index (κ1) is 15.2. The molecule has 0 aliphatic carbocycles. The molecule has 110 valence electrons. The van der Waals surface area contributed by atoms with Crippen molar-refractivity contribution in [2.75, 3.05) is 19.0 Å². The molecule has 2 aromatic carbocycles. The molecule has 2 rings (SSSR count). The van der Waals surface area contributed by atoms with Gasteiger partial charge in [-0.2, -0.15) is 8.42 Å². The van der Waals surface area contributed by atoms with Crippen LogP contribution in [0.1, 0.15) is 15.9 Å². The van der Waals surface area contributed by atoms with E-state index in [1.54, 1.807) is 50.5 Å². The fraction of sp³-hybridized carbons (Fsp3) is 0.133. The molecule has 5 nitrogen and oxygen atoms in total. The molecule has 6 heteroatoms. The van der Waals surface area contributed by atoms with E-state index in [9.17, 15) is 17.8 Å². The van der Waals surface area contributed by atoms with Gasteiger partial charge in [-0.1, -0.05) is 36.4 Å². The standard InChI is InChI=1S/C15H15NO4S/c1-16(2)13-10-6-9-12(15(13)21(18,19)20)14(17)11-7-4-3-5-8-11/h3-10H,1-2H3,(H,18,19,20). The first-order valence-electron chi connectivity index (χ1n) is 6.20. The maximum absolute atomic E-state index is 12.5. The van der Waals surface area contributed by atoms with Gasteiger partial charge < -0.3 is 4.90 Å². The van der Waals surface area contributed by atoms with Crippen LogP contribution in [-0.4, -0.2) is 32.8 Å². The Labute approximate surface area is 123 Å². The first-order valence-corrected chi connectivity index (χ1v) is 7.64. The Morgan fingerprint density at radius 1 is 1.00 bits per heavy atom. The van der Waals surface area contributed by atoms with Gasteiger partial charge in [-0.3, -0.25) is 9.35 Å². The summed E-state index contributed by atoms with van der Waals surface area (Å²) in [5, 5.41) is 0. The van der Waals surface area contributed by atoms with Crippen molar-refractivity contribution in [1.82, 2.24) is 0 Å². The van der Waals surface area contributed by atoms with Gasteiger partial charge in [0, 0.05) is 25.2 Å². The van der Waals surface area contributed by atoms with Crippen LogP contribution in [0.5, 0.6) is 0 Å². The predicted octanol–water partition coefficient (Wildman–Crippen LogP) is 2.23. The summed E-state index contributed by atoms with van der Waals surface area (Å²) in [6, 6.07) is 12.8. The minimum Gasteiger partial charge on any atom is -0.377 e. The van der Waals surface area contributed by atoms with Gasteiger partial charge in [-0.15, -0.1) is 0 Å². The van der Waals surface area contributed by atoms with Crippen LogP contribution in [0.2, 0.25) is 0 Å². The van der Waals surface area contributed by atoms with E-state index in [1.165, 1.54) is 17.0 Å². The molecular weight excluding hydrogens is 290 g/mol. The smallest absolute Gasteiger partial charge is 0.297 e. The minimum absolute atomic E-state index is 0.0464. The number of ketones is 1. The average Bonchev–Trinajstić information content (AvgIpc) is 2.45. The lowest BCUT2D eigenvalue weighted by molar-refractivity contribution is 0.103. The molecule has 0 unspecified atom stereocenters. The Hall–Kier alpha value is -2.18. The molecule has 0 aliphatic rings. The molecular formula is C15H15NO4S. The summed E-state index contributed by atoms with van der Waals surface area (Å²) >= 11 is 0. The fourth-order valence-electron chi connectivity index (χ4n) is 2.07. The second-order valence-corrected chi connectivity index (χ2v) is 6.08. The van der Waals surface area contributed by atoms with E-state index in [-0.39, 0.29) is 16.1 Å². The number of hydrogen-bond acceptors (Lipinski definition) is 4. The third-order valence-electron chi connectivity index (χ3n) is 3.01. The molecule has 0 saturated carbocycles. The van der Waals surface area contributed by atoms with E-state index in [0.29, 0.717) is 5.56 Å². The van der Waals surface area contributed by atoms with Crippen LogP contribution in [0.15, 0.2) is 53.4 Å². The number of benzene rings is 2. The van der Waals surface area contributed by atoms with Crippen molar-refractivity contribution in [3.63, 3.8) is 0 Å². The molecule has 0 aliphatic heterocycles. The Bertz CT molecular complexity index is 768. The molecule has 0 atom stereocenters. The monoisotopic (exact) mass is 305 g/mol. The van der Waals surface area contributed by atoms with Crippen molar-refractivity contribution in [3.8, 4) is 0 Å². The zero-order chi connectivity index (χ0) is 15.6. The summed E-state index contributed by atoms with van der Waals surface area (Å²) in [5.41, 5.74) is 0.576. The summed E-state index contributed by atoms with van der Waals surface area (Å²) in [5.74, 6) is -0.452. The molecule has 1 N–H and O–H groups in total. The van der Waals surface area contributed by atoms with Crippen molar-refractivity contribution >= 4 is 21.6 Å². The summed E-state index contributed by atoms with van der Waals surface area (Å²) in [6.07, 6.45) is 0. The van der Waals surface area contributed by atoms with Crippen LogP contribution >= 0.6 is 0 Å². The largest absolute Gasteiger partial charge is 0.377 e. The summed E-state index contributed by atoms with van der Waals surface area (Å²) in [4.78, 5) is 13.7. The summed E-state index contributed by atoms with van der Waals surface area (Å²) in [6.45, 7) is 0. The molecule has 0 saturated heterocycles. The number of carbonyl (C=O) groups is 1. The molecule has 2 aromatic rings. The number of carbonyl (C=O) groups excluding carboxylic acids is 1. The van der Waals surface area contributed by atoms with Crippen molar-refractivity contribution in [2.24, 2.45) is 0 Å². The van der Waals surface area contributed by atoms with Crippen molar-refractivity contribution in [1.29, 1.82) is 0 Å². The van der Waals surface area contributed by atoms with E-state index >= 15 is 0 Å². The van der Waals surface area contributed by atoms with Crippen LogP contribution in [0, 0.1) is 0 Å². The van der Waals surface area contributed by atoms with Crippen LogP contribution in [0.3, 0.4) is 0 Å². The van der Waals surface area contributed by atoms with Crippen LogP contribution in [-0.2, 0) is 10.1 Å². The molecule has 0 amide bonds. The topological polar surface area (TPSA) is 74.7 Å². The lowest BCUT2D eigenvalue weighted by Gasteiger charge is -2.18. The summed E-state index contributed by atoms with van der Waals surface area (Å²) < 4.78 is 32.9. The number of rotatable bonds is 4. The van der Waals surface area contributed by atoms with Gasteiger partial charge in [0.2, 0.25) is 0 Å². The van der Waals surface area contributed by atoms with Gasteiger partial charge in [0.05, 0.1) is 5.69 Å². The zero-order valence-corrected chi connectivity index (χ0v) is 12.5. The number of anilines is 1. The summed E-state index contributed by atoms with van der Waals surface area (Å²) in [7, 11) is -1.25. The third kappa shape index (κ3) is 3.12. The highest BCUT2D eigenvalue weighted by molar-refractivity contribution is 7.86. The van der Waals surface area contributed by atoms with Crippen molar-refractivity contribution in [3.05, 3.63) is 59.7 Å². The second kappa shape index (κ2) is 5.67. The molecule has 21 heavy (non-hydrogen) atoms. The average molecular weight is 305 g/mol. The molecule has 0 heterocycles. The Balaban J connectivity index is 2.70.